The fourth-order valence-corrected chi connectivity index (χ4v) is 2.08. The maximum atomic E-state index is 12.3. The number of hydrogen-bond donors (Lipinski definition) is 2. The van der Waals surface area contributed by atoms with E-state index in [0.29, 0.717) is 25.6 Å². The first-order valence-corrected chi connectivity index (χ1v) is 7.61. The van der Waals surface area contributed by atoms with Gasteiger partial charge in [-0.3, -0.25) is 4.68 Å². The van der Waals surface area contributed by atoms with Crippen molar-refractivity contribution in [3.8, 4) is 5.75 Å². The molecule has 25 heavy (non-hydrogen) atoms. The molecule has 2 aromatic rings. The standard InChI is InChI=1S/C16H21F2N5O.HI/c1-3-19-16(21-11-13-7-8-22-23(13)2)20-10-12-5-4-6-14(9-12)24-15(17)18;/h4-9,15H,3,10-11H2,1-2H3,(H2,19,20,21);1H. The van der Waals surface area contributed by atoms with Crippen LogP contribution in [-0.4, -0.2) is 28.9 Å². The fraction of sp³-hybridized carbons (Fsp3) is 0.375. The first-order valence-electron chi connectivity index (χ1n) is 7.61. The Labute approximate surface area is 162 Å². The van der Waals surface area contributed by atoms with Gasteiger partial charge in [0, 0.05) is 19.8 Å². The van der Waals surface area contributed by atoms with E-state index in [0.717, 1.165) is 11.3 Å². The summed E-state index contributed by atoms with van der Waals surface area (Å²) in [5.74, 6) is 0.768. The molecule has 1 heterocycles. The van der Waals surface area contributed by atoms with Gasteiger partial charge in [0.25, 0.3) is 0 Å². The van der Waals surface area contributed by atoms with E-state index in [1.54, 1.807) is 23.0 Å². The van der Waals surface area contributed by atoms with Crippen LogP contribution in [0.25, 0.3) is 0 Å². The summed E-state index contributed by atoms with van der Waals surface area (Å²) < 4.78 is 30.7. The molecular formula is C16H22F2IN5O. The number of rotatable bonds is 7. The monoisotopic (exact) mass is 465 g/mol. The molecule has 0 fully saturated rings. The fourth-order valence-electron chi connectivity index (χ4n) is 2.08. The molecule has 2 N–H and O–H groups in total. The number of hydrogen-bond acceptors (Lipinski definition) is 3. The molecule has 0 atom stereocenters. The minimum atomic E-state index is -2.83. The van der Waals surface area contributed by atoms with Crippen LogP contribution in [0.2, 0.25) is 0 Å². The Hall–Kier alpha value is -1.91. The first-order chi connectivity index (χ1) is 11.6. The second kappa shape index (κ2) is 10.9. The predicted molar refractivity (Wildman–Crippen MR) is 103 cm³/mol. The lowest BCUT2D eigenvalue weighted by molar-refractivity contribution is -0.0498. The van der Waals surface area contributed by atoms with Crippen LogP contribution in [0.1, 0.15) is 18.2 Å². The largest absolute Gasteiger partial charge is 0.435 e. The van der Waals surface area contributed by atoms with E-state index in [-0.39, 0.29) is 29.7 Å². The Morgan fingerprint density at radius 1 is 1.32 bits per heavy atom. The van der Waals surface area contributed by atoms with Crippen molar-refractivity contribution in [2.24, 2.45) is 12.0 Å². The van der Waals surface area contributed by atoms with E-state index >= 15 is 0 Å². The third-order valence-corrected chi connectivity index (χ3v) is 3.25. The average molecular weight is 465 g/mol. The van der Waals surface area contributed by atoms with Gasteiger partial charge in [-0.25, -0.2) is 4.99 Å². The summed E-state index contributed by atoms with van der Waals surface area (Å²) >= 11 is 0. The highest BCUT2D eigenvalue weighted by atomic mass is 127. The van der Waals surface area contributed by atoms with Crippen molar-refractivity contribution in [3.63, 3.8) is 0 Å². The number of nitrogens with one attached hydrogen (secondary N) is 2. The van der Waals surface area contributed by atoms with Crippen molar-refractivity contribution < 1.29 is 13.5 Å². The Balaban J connectivity index is 0.00000312. The van der Waals surface area contributed by atoms with Gasteiger partial charge < -0.3 is 15.4 Å². The minimum Gasteiger partial charge on any atom is -0.435 e. The molecular weight excluding hydrogens is 443 g/mol. The second-order valence-corrected chi connectivity index (χ2v) is 5.02. The molecule has 0 amide bonds. The number of halogens is 3. The molecule has 0 saturated heterocycles. The molecule has 0 aliphatic carbocycles. The molecule has 138 valence electrons. The smallest absolute Gasteiger partial charge is 0.387 e. The van der Waals surface area contributed by atoms with Gasteiger partial charge in [0.15, 0.2) is 5.96 Å². The second-order valence-electron chi connectivity index (χ2n) is 5.02. The lowest BCUT2D eigenvalue weighted by Gasteiger charge is -2.11. The number of guanidine groups is 1. The van der Waals surface area contributed by atoms with Crippen LogP contribution in [0, 0.1) is 0 Å². The van der Waals surface area contributed by atoms with Gasteiger partial charge in [0.1, 0.15) is 5.75 Å². The van der Waals surface area contributed by atoms with Crippen LogP contribution >= 0.6 is 24.0 Å². The summed E-state index contributed by atoms with van der Waals surface area (Å²) in [6.07, 6.45) is 1.73. The highest BCUT2D eigenvalue weighted by Crippen LogP contribution is 2.16. The summed E-state index contributed by atoms with van der Waals surface area (Å²) in [5, 5.41) is 10.5. The van der Waals surface area contributed by atoms with E-state index in [2.05, 4.69) is 25.5 Å². The molecule has 0 aliphatic heterocycles. The number of nitrogens with zero attached hydrogens (tertiary/aromatic N) is 3. The molecule has 0 radical (unpaired) electrons. The molecule has 2 rings (SSSR count). The normalized spacial score (nSPS) is 11.2. The minimum absolute atomic E-state index is 0. The van der Waals surface area contributed by atoms with E-state index in [1.807, 2.05) is 26.1 Å². The Bertz CT molecular complexity index is 678. The van der Waals surface area contributed by atoms with Gasteiger partial charge in [0.2, 0.25) is 0 Å². The summed E-state index contributed by atoms with van der Waals surface area (Å²) in [6, 6.07) is 8.44. The number of aliphatic imine (C=N–C) groups is 1. The lowest BCUT2D eigenvalue weighted by atomic mass is 10.2. The summed E-state index contributed by atoms with van der Waals surface area (Å²) in [5.41, 5.74) is 1.80. The Morgan fingerprint density at radius 2 is 2.12 bits per heavy atom. The zero-order valence-corrected chi connectivity index (χ0v) is 16.4. The van der Waals surface area contributed by atoms with Gasteiger partial charge in [-0.1, -0.05) is 12.1 Å². The van der Waals surface area contributed by atoms with Crippen molar-refractivity contribution in [1.29, 1.82) is 0 Å². The topological polar surface area (TPSA) is 63.5 Å². The van der Waals surface area contributed by atoms with Crippen LogP contribution in [0.3, 0.4) is 0 Å². The highest BCUT2D eigenvalue weighted by Gasteiger charge is 2.05. The Kier molecular flexibility index (Phi) is 9.17. The molecule has 1 aromatic carbocycles. The van der Waals surface area contributed by atoms with E-state index in [9.17, 15) is 8.78 Å². The molecule has 0 aliphatic rings. The average Bonchev–Trinajstić information content (AvgIpc) is 2.95. The van der Waals surface area contributed by atoms with E-state index < -0.39 is 6.61 Å². The van der Waals surface area contributed by atoms with Gasteiger partial charge >= 0.3 is 6.61 Å². The number of aromatic nitrogens is 2. The molecule has 0 spiro atoms. The number of alkyl halides is 2. The SMILES string of the molecule is CCNC(=NCc1cccc(OC(F)F)c1)NCc1ccnn1C.I. The van der Waals surface area contributed by atoms with Crippen LogP contribution < -0.4 is 15.4 Å². The molecule has 9 heteroatoms. The van der Waals surface area contributed by atoms with Crippen LogP contribution in [0.4, 0.5) is 8.78 Å². The lowest BCUT2D eigenvalue weighted by Crippen LogP contribution is -2.37. The summed E-state index contributed by atoms with van der Waals surface area (Å²) in [7, 11) is 1.87. The highest BCUT2D eigenvalue weighted by molar-refractivity contribution is 14.0. The number of ether oxygens (including phenoxy) is 1. The van der Waals surface area contributed by atoms with Crippen molar-refractivity contribution in [2.75, 3.05) is 6.54 Å². The van der Waals surface area contributed by atoms with Crippen LogP contribution in [-0.2, 0) is 20.1 Å². The van der Waals surface area contributed by atoms with Gasteiger partial charge in [0.05, 0.1) is 18.8 Å². The summed E-state index contributed by atoms with van der Waals surface area (Å²) in [6.45, 7) is 0.781. The maximum absolute atomic E-state index is 12.3. The van der Waals surface area contributed by atoms with Gasteiger partial charge in [-0.2, -0.15) is 13.9 Å². The van der Waals surface area contributed by atoms with Crippen LogP contribution in [0.5, 0.6) is 5.75 Å². The third kappa shape index (κ3) is 7.24. The van der Waals surface area contributed by atoms with Gasteiger partial charge in [-0.15, -0.1) is 24.0 Å². The quantitative estimate of drug-likeness (QED) is 0.375. The van der Waals surface area contributed by atoms with Crippen molar-refractivity contribution in [3.05, 3.63) is 47.8 Å². The maximum Gasteiger partial charge on any atom is 0.387 e. The third-order valence-electron chi connectivity index (χ3n) is 3.25. The molecule has 6 nitrogen and oxygen atoms in total. The molecule has 0 bridgehead atoms. The molecule has 0 unspecified atom stereocenters. The predicted octanol–water partition coefficient (Wildman–Crippen LogP) is 2.89. The van der Waals surface area contributed by atoms with Crippen molar-refractivity contribution >= 4 is 29.9 Å². The zero-order valence-electron chi connectivity index (χ0n) is 14.1. The van der Waals surface area contributed by atoms with Crippen molar-refractivity contribution in [2.45, 2.75) is 26.6 Å². The molecule has 1 aromatic heterocycles. The Morgan fingerprint density at radius 3 is 2.76 bits per heavy atom. The van der Waals surface area contributed by atoms with E-state index in [1.165, 1.54) is 6.07 Å². The number of benzene rings is 1. The van der Waals surface area contributed by atoms with Crippen LogP contribution in [0.15, 0.2) is 41.5 Å². The summed E-state index contributed by atoms with van der Waals surface area (Å²) in [4.78, 5) is 4.45. The first kappa shape index (κ1) is 21.1. The van der Waals surface area contributed by atoms with E-state index in [4.69, 9.17) is 0 Å². The molecule has 0 saturated carbocycles. The van der Waals surface area contributed by atoms with Gasteiger partial charge in [-0.05, 0) is 30.7 Å². The zero-order chi connectivity index (χ0) is 17.4. The number of aryl methyl sites for hydroxylation is 1. The van der Waals surface area contributed by atoms with Crippen molar-refractivity contribution in [1.82, 2.24) is 20.4 Å².